The first-order valence-electron chi connectivity index (χ1n) is 9.90. The van der Waals surface area contributed by atoms with Crippen molar-refractivity contribution in [2.75, 3.05) is 25.2 Å². The molecule has 2 aromatic carbocycles. The number of amides is 3. The lowest BCUT2D eigenvalue weighted by molar-refractivity contribution is -0.126. The van der Waals surface area contributed by atoms with Gasteiger partial charge in [0.15, 0.2) is 11.5 Å². The van der Waals surface area contributed by atoms with E-state index in [0.717, 1.165) is 6.42 Å². The van der Waals surface area contributed by atoms with Crippen LogP contribution in [0.2, 0.25) is 5.02 Å². The molecule has 0 spiro atoms. The number of ether oxygens (including phenoxy) is 2. The lowest BCUT2D eigenvalue weighted by Crippen LogP contribution is -2.45. The van der Waals surface area contributed by atoms with Gasteiger partial charge in [-0.1, -0.05) is 24.6 Å². The number of nitrogens with zero attached hydrogens (tertiary/aromatic N) is 1. The summed E-state index contributed by atoms with van der Waals surface area (Å²) in [5.74, 6) is -0.764. The van der Waals surface area contributed by atoms with Gasteiger partial charge in [-0.2, -0.15) is 0 Å². The van der Waals surface area contributed by atoms with Gasteiger partial charge in [0.2, 0.25) is 11.8 Å². The number of halogens is 1. The Morgan fingerprint density at radius 3 is 2.68 bits per heavy atom. The Labute approximate surface area is 185 Å². The topological polar surface area (TPSA) is 97.0 Å². The van der Waals surface area contributed by atoms with E-state index in [9.17, 15) is 14.4 Å². The van der Waals surface area contributed by atoms with E-state index in [0.29, 0.717) is 34.4 Å². The first-order chi connectivity index (χ1) is 14.9. The second-order valence-electron chi connectivity index (χ2n) is 7.04. The second kappa shape index (κ2) is 10.2. The number of carbonyl (C=O) groups excluding carboxylic acids is 3. The van der Waals surface area contributed by atoms with Gasteiger partial charge in [-0.3, -0.25) is 25.2 Å². The van der Waals surface area contributed by atoms with Crippen molar-refractivity contribution in [1.29, 1.82) is 0 Å². The minimum Gasteiger partial charge on any atom is -0.493 e. The molecule has 2 N–H and O–H groups in total. The number of anilines is 1. The first-order valence-corrected chi connectivity index (χ1v) is 10.3. The summed E-state index contributed by atoms with van der Waals surface area (Å²) >= 11 is 5.99. The zero-order valence-electron chi connectivity index (χ0n) is 17.3. The SMILES string of the molecule is CCCOc1ccc(C(=O)NNC(=O)C2CC(=O)N(c3cccc(Cl)c3)C2)cc1OC. The van der Waals surface area contributed by atoms with Crippen LogP contribution in [0.15, 0.2) is 42.5 Å². The maximum Gasteiger partial charge on any atom is 0.269 e. The molecule has 0 bridgehead atoms. The Kier molecular flexibility index (Phi) is 7.36. The standard InChI is InChI=1S/C22H24ClN3O5/c1-3-9-31-18-8-7-14(10-19(18)30-2)21(28)24-25-22(29)15-11-20(27)26(13-15)17-6-4-5-16(23)12-17/h4-8,10,12,15H,3,9,11,13H2,1-2H3,(H,24,28)(H,25,29). The van der Waals surface area contributed by atoms with Crippen molar-refractivity contribution < 1.29 is 23.9 Å². The number of hydrazine groups is 1. The Morgan fingerprint density at radius 1 is 1.16 bits per heavy atom. The van der Waals surface area contributed by atoms with Gasteiger partial charge in [0.05, 0.1) is 19.6 Å². The maximum atomic E-state index is 12.5. The molecule has 3 amide bonds. The van der Waals surface area contributed by atoms with Crippen LogP contribution in [0.3, 0.4) is 0 Å². The van der Waals surface area contributed by atoms with Crippen LogP contribution in [0.25, 0.3) is 0 Å². The van der Waals surface area contributed by atoms with Gasteiger partial charge in [-0.05, 0) is 42.8 Å². The van der Waals surface area contributed by atoms with Crippen molar-refractivity contribution in [3.63, 3.8) is 0 Å². The van der Waals surface area contributed by atoms with E-state index < -0.39 is 17.7 Å². The van der Waals surface area contributed by atoms with Crippen LogP contribution in [-0.4, -0.2) is 38.0 Å². The molecule has 1 aliphatic rings. The molecule has 0 aliphatic carbocycles. The molecule has 1 fully saturated rings. The quantitative estimate of drug-likeness (QED) is 0.639. The molecule has 1 aliphatic heterocycles. The largest absolute Gasteiger partial charge is 0.493 e. The monoisotopic (exact) mass is 445 g/mol. The zero-order chi connectivity index (χ0) is 22.4. The van der Waals surface area contributed by atoms with Crippen molar-refractivity contribution in [2.45, 2.75) is 19.8 Å². The van der Waals surface area contributed by atoms with Crippen LogP contribution in [0.1, 0.15) is 30.1 Å². The van der Waals surface area contributed by atoms with E-state index >= 15 is 0 Å². The van der Waals surface area contributed by atoms with Gasteiger partial charge < -0.3 is 14.4 Å². The van der Waals surface area contributed by atoms with Gasteiger partial charge in [0.1, 0.15) is 0 Å². The average molecular weight is 446 g/mol. The van der Waals surface area contributed by atoms with E-state index in [4.69, 9.17) is 21.1 Å². The maximum absolute atomic E-state index is 12.5. The number of hydrogen-bond acceptors (Lipinski definition) is 5. The smallest absolute Gasteiger partial charge is 0.269 e. The number of rotatable bonds is 7. The molecule has 8 nitrogen and oxygen atoms in total. The summed E-state index contributed by atoms with van der Waals surface area (Å²) in [4.78, 5) is 38.8. The van der Waals surface area contributed by atoms with E-state index in [1.54, 1.807) is 36.4 Å². The number of nitrogens with one attached hydrogen (secondary N) is 2. The third-order valence-corrected chi connectivity index (χ3v) is 5.04. The minimum atomic E-state index is -0.592. The highest BCUT2D eigenvalue weighted by Gasteiger charge is 2.35. The molecule has 2 aromatic rings. The Bertz CT molecular complexity index is 981. The Hall–Kier alpha value is -3.26. The van der Waals surface area contributed by atoms with Gasteiger partial charge in [-0.15, -0.1) is 0 Å². The van der Waals surface area contributed by atoms with Crippen molar-refractivity contribution in [3.05, 3.63) is 53.1 Å². The van der Waals surface area contributed by atoms with E-state index in [1.807, 2.05) is 6.92 Å². The van der Waals surface area contributed by atoms with Gasteiger partial charge in [0, 0.05) is 29.2 Å². The van der Waals surface area contributed by atoms with Crippen molar-refractivity contribution >= 4 is 35.0 Å². The lowest BCUT2D eigenvalue weighted by Gasteiger charge is -2.17. The molecule has 1 heterocycles. The normalized spacial score (nSPS) is 15.5. The number of hydrogen-bond donors (Lipinski definition) is 2. The third-order valence-electron chi connectivity index (χ3n) is 4.80. The van der Waals surface area contributed by atoms with Crippen LogP contribution in [0.4, 0.5) is 5.69 Å². The van der Waals surface area contributed by atoms with E-state index in [-0.39, 0.29) is 18.9 Å². The van der Waals surface area contributed by atoms with Crippen LogP contribution >= 0.6 is 11.6 Å². The molecule has 0 radical (unpaired) electrons. The summed E-state index contributed by atoms with van der Waals surface area (Å²) in [6.07, 6.45) is 0.890. The molecule has 1 saturated heterocycles. The van der Waals surface area contributed by atoms with E-state index in [1.165, 1.54) is 18.1 Å². The molecule has 0 saturated carbocycles. The van der Waals surface area contributed by atoms with Crippen LogP contribution < -0.4 is 25.2 Å². The molecular formula is C22H24ClN3O5. The number of benzene rings is 2. The molecule has 1 unspecified atom stereocenters. The fourth-order valence-corrected chi connectivity index (χ4v) is 3.39. The fraction of sp³-hybridized carbons (Fsp3) is 0.318. The highest BCUT2D eigenvalue weighted by Crippen LogP contribution is 2.29. The highest BCUT2D eigenvalue weighted by atomic mass is 35.5. The first kappa shape index (κ1) is 22.4. The zero-order valence-corrected chi connectivity index (χ0v) is 18.1. The van der Waals surface area contributed by atoms with Crippen LogP contribution in [-0.2, 0) is 9.59 Å². The molecule has 164 valence electrons. The lowest BCUT2D eigenvalue weighted by atomic mass is 10.1. The predicted molar refractivity (Wildman–Crippen MR) is 116 cm³/mol. The molecule has 9 heteroatoms. The van der Waals surface area contributed by atoms with Gasteiger partial charge in [-0.25, -0.2) is 0 Å². The molecule has 31 heavy (non-hydrogen) atoms. The van der Waals surface area contributed by atoms with Gasteiger partial charge >= 0.3 is 0 Å². The number of methoxy groups -OCH3 is 1. The van der Waals surface area contributed by atoms with Crippen molar-refractivity contribution in [3.8, 4) is 11.5 Å². The van der Waals surface area contributed by atoms with Crippen molar-refractivity contribution in [1.82, 2.24) is 10.9 Å². The average Bonchev–Trinajstić information content (AvgIpc) is 3.17. The molecule has 1 atom stereocenters. The molecule has 3 rings (SSSR count). The summed E-state index contributed by atoms with van der Waals surface area (Å²) in [5, 5.41) is 0.506. The highest BCUT2D eigenvalue weighted by molar-refractivity contribution is 6.31. The van der Waals surface area contributed by atoms with E-state index in [2.05, 4.69) is 10.9 Å². The summed E-state index contributed by atoms with van der Waals surface area (Å²) in [5.41, 5.74) is 5.71. The number of carbonyl (C=O) groups is 3. The molecular weight excluding hydrogens is 422 g/mol. The van der Waals surface area contributed by atoms with Gasteiger partial charge in [0.25, 0.3) is 5.91 Å². The fourth-order valence-electron chi connectivity index (χ4n) is 3.21. The summed E-state index contributed by atoms with van der Waals surface area (Å²) in [7, 11) is 1.49. The Morgan fingerprint density at radius 2 is 1.97 bits per heavy atom. The van der Waals surface area contributed by atoms with Crippen LogP contribution in [0.5, 0.6) is 11.5 Å². The summed E-state index contributed by atoms with van der Waals surface area (Å²) in [6, 6.07) is 11.6. The second-order valence-corrected chi connectivity index (χ2v) is 7.48. The Balaban J connectivity index is 1.58. The minimum absolute atomic E-state index is 0.0471. The summed E-state index contributed by atoms with van der Waals surface area (Å²) in [6.45, 7) is 2.73. The molecule has 0 aromatic heterocycles. The summed E-state index contributed by atoms with van der Waals surface area (Å²) < 4.78 is 10.8. The third kappa shape index (κ3) is 5.46. The van der Waals surface area contributed by atoms with Crippen LogP contribution in [0, 0.1) is 5.92 Å². The van der Waals surface area contributed by atoms with Crippen molar-refractivity contribution in [2.24, 2.45) is 5.92 Å². The predicted octanol–water partition coefficient (Wildman–Crippen LogP) is 2.95.